The van der Waals surface area contributed by atoms with Gasteiger partial charge in [0, 0.05) is 18.5 Å². The molecule has 1 aliphatic rings. The molecule has 104 valence electrons. The molecule has 0 spiro atoms. The number of para-hydroxylation sites is 1. The maximum atomic E-state index is 11.4. The molecule has 0 saturated carbocycles. The number of hydrogen-bond donors (Lipinski definition) is 2. The Bertz CT molecular complexity index is 657. The van der Waals surface area contributed by atoms with E-state index in [2.05, 4.69) is 4.98 Å². The largest absolute Gasteiger partial charge is 0.478 e. The minimum atomic E-state index is -0.956. The Morgan fingerprint density at radius 2 is 2.15 bits per heavy atom. The van der Waals surface area contributed by atoms with E-state index in [0.29, 0.717) is 23.3 Å². The molecule has 2 heterocycles. The average molecular weight is 272 g/mol. The average Bonchev–Trinajstić information content (AvgIpc) is 2.46. The van der Waals surface area contributed by atoms with Crippen LogP contribution in [0.5, 0.6) is 0 Å². The van der Waals surface area contributed by atoms with Gasteiger partial charge in [0.25, 0.3) is 0 Å². The number of aliphatic hydroxyl groups is 1. The van der Waals surface area contributed by atoms with E-state index in [1.165, 1.54) is 0 Å². The Morgan fingerprint density at radius 1 is 1.35 bits per heavy atom. The molecule has 5 nitrogen and oxygen atoms in total. The van der Waals surface area contributed by atoms with Crippen LogP contribution in [0.15, 0.2) is 30.3 Å². The van der Waals surface area contributed by atoms with Crippen molar-refractivity contribution < 1.29 is 15.0 Å². The van der Waals surface area contributed by atoms with E-state index in [-0.39, 0.29) is 11.7 Å². The Labute approximate surface area is 116 Å². The normalized spacial score (nSPS) is 19.2. The van der Waals surface area contributed by atoms with Crippen LogP contribution in [0.2, 0.25) is 0 Å². The number of aromatic carboxylic acids is 1. The van der Waals surface area contributed by atoms with Crippen molar-refractivity contribution in [3.05, 3.63) is 35.9 Å². The molecule has 3 rings (SSSR count). The van der Waals surface area contributed by atoms with Gasteiger partial charge in [-0.1, -0.05) is 18.2 Å². The number of carbonyl (C=O) groups is 1. The van der Waals surface area contributed by atoms with Crippen molar-refractivity contribution >= 4 is 22.7 Å². The fraction of sp³-hybridized carbons (Fsp3) is 0.333. The minimum Gasteiger partial charge on any atom is -0.478 e. The molecule has 2 aromatic rings. The Kier molecular flexibility index (Phi) is 3.28. The van der Waals surface area contributed by atoms with Crippen LogP contribution in [-0.4, -0.2) is 40.4 Å². The zero-order chi connectivity index (χ0) is 14.1. The Morgan fingerprint density at radius 3 is 2.90 bits per heavy atom. The second kappa shape index (κ2) is 5.09. The molecule has 20 heavy (non-hydrogen) atoms. The number of carboxylic acids is 1. The number of anilines is 1. The summed E-state index contributed by atoms with van der Waals surface area (Å²) in [4.78, 5) is 17.9. The molecule has 0 amide bonds. The minimum absolute atomic E-state index is 0.255. The van der Waals surface area contributed by atoms with E-state index < -0.39 is 5.97 Å². The van der Waals surface area contributed by atoms with Crippen LogP contribution < -0.4 is 4.90 Å². The third kappa shape index (κ3) is 2.32. The number of rotatable bonds is 2. The Hall–Kier alpha value is -2.14. The van der Waals surface area contributed by atoms with Crippen LogP contribution >= 0.6 is 0 Å². The second-order valence-corrected chi connectivity index (χ2v) is 5.09. The quantitative estimate of drug-likeness (QED) is 0.873. The smallest absolute Gasteiger partial charge is 0.336 e. The van der Waals surface area contributed by atoms with E-state index in [1.54, 1.807) is 18.2 Å². The summed E-state index contributed by atoms with van der Waals surface area (Å²) in [6, 6.07) is 8.82. The number of carboxylic acid groups (broad SMARTS) is 1. The van der Waals surface area contributed by atoms with Gasteiger partial charge < -0.3 is 15.1 Å². The molecule has 1 unspecified atom stereocenters. The molecule has 1 aliphatic heterocycles. The van der Waals surface area contributed by atoms with Gasteiger partial charge in [-0.15, -0.1) is 0 Å². The van der Waals surface area contributed by atoms with Gasteiger partial charge in [0.2, 0.25) is 0 Å². The van der Waals surface area contributed by atoms with E-state index in [1.807, 2.05) is 17.0 Å². The van der Waals surface area contributed by atoms with Crippen LogP contribution in [0.4, 0.5) is 5.82 Å². The van der Waals surface area contributed by atoms with Gasteiger partial charge in [0.1, 0.15) is 5.82 Å². The maximum Gasteiger partial charge on any atom is 0.336 e. The van der Waals surface area contributed by atoms with Gasteiger partial charge in [-0.2, -0.15) is 0 Å². The third-order valence-corrected chi connectivity index (χ3v) is 3.65. The highest BCUT2D eigenvalue weighted by molar-refractivity contribution is 6.03. The molecule has 0 bridgehead atoms. The van der Waals surface area contributed by atoms with Crippen LogP contribution in [0.3, 0.4) is 0 Å². The number of piperidine rings is 1. The molecule has 1 aromatic heterocycles. The number of hydrogen-bond acceptors (Lipinski definition) is 4. The predicted molar refractivity (Wildman–Crippen MR) is 76.2 cm³/mol. The van der Waals surface area contributed by atoms with Gasteiger partial charge in [-0.25, -0.2) is 9.78 Å². The molecule has 5 heteroatoms. The van der Waals surface area contributed by atoms with Gasteiger partial charge in [-0.3, -0.25) is 0 Å². The molecule has 1 fully saturated rings. The summed E-state index contributed by atoms with van der Waals surface area (Å²) < 4.78 is 0. The van der Waals surface area contributed by atoms with Gasteiger partial charge in [0.05, 0.1) is 17.2 Å². The monoisotopic (exact) mass is 272 g/mol. The fourth-order valence-corrected chi connectivity index (χ4v) is 2.66. The molecule has 1 saturated heterocycles. The molecule has 1 aromatic carbocycles. The van der Waals surface area contributed by atoms with Crippen molar-refractivity contribution in [1.82, 2.24) is 4.98 Å². The van der Waals surface area contributed by atoms with E-state index in [4.69, 9.17) is 0 Å². The van der Waals surface area contributed by atoms with E-state index in [9.17, 15) is 15.0 Å². The summed E-state index contributed by atoms with van der Waals surface area (Å²) in [7, 11) is 0. The maximum absolute atomic E-state index is 11.4. The van der Waals surface area contributed by atoms with Crippen molar-refractivity contribution in [3.63, 3.8) is 0 Å². The number of pyridine rings is 1. The molecule has 1 atom stereocenters. The first-order valence-electron chi connectivity index (χ1n) is 6.71. The number of β-amino-alcohol motifs (C(OH)–C–C–N with tert-alkyl or cyclic N) is 1. The number of fused-ring (bicyclic) bond motifs is 1. The van der Waals surface area contributed by atoms with Crippen LogP contribution in [0.1, 0.15) is 23.2 Å². The highest BCUT2D eigenvalue weighted by Crippen LogP contribution is 2.25. The summed E-state index contributed by atoms with van der Waals surface area (Å²) in [5.74, 6) is -0.331. The summed E-state index contributed by atoms with van der Waals surface area (Å²) in [6.07, 6.45) is 1.30. The highest BCUT2D eigenvalue weighted by atomic mass is 16.4. The van der Waals surface area contributed by atoms with Crippen molar-refractivity contribution in [2.45, 2.75) is 18.9 Å². The molecule has 0 aliphatic carbocycles. The number of aromatic nitrogens is 1. The lowest BCUT2D eigenvalue weighted by Crippen LogP contribution is -2.38. The molecule has 2 N–H and O–H groups in total. The zero-order valence-electron chi connectivity index (χ0n) is 11.0. The van der Waals surface area contributed by atoms with E-state index in [0.717, 1.165) is 19.4 Å². The third-order valence-electron chi connectivity index (χ3n) is 3.65. The summed E-state index contributed by atoms with van der Waals surface area (Å²) in [5.41, 5.74) is 0.924. The van der Waals surface area contributed by atoms with Crippen LogP contribution in [0.25, 0.3) is 10.9 Å². The topological polar surface area (TPSA) is 73.7 Å². The lowest BCUT2D eigenvalue weighted by Gasteiger charge is -2.31. The standard InChI is InChI=1S/C15H16N2O3/c18-10-4-3-7-17(9-10)14-8-12(15(19)20)11-5-1-2-6-13(11)16-14/h1-2,5-6,8,10,18H,3-4,7,9H2,(H,19,20). The van der Waals surface area contributed by atoms with Crippen LogP contribution in [-0.2, 0) is 0 Å². The van der Waals surface area contributed by atoms with Crippen molar-refractivity contribution in [2.75, 3.05) is 18.0 Å². The van der Waals surface area contributed by atoms with Gasteiger partial charge >= 0.3 is 5.97 Å². The SMILES string of the molecule is O=C(O)c1cc(N2CCCC(O)C2)nc2ccccc12. The van der Waals surface area contributed by atoms with Gasteiger partial charge in [-0.05, 0) is 25.0 Å². The number of aliphatic hydroxyl groups excluding tert-OH is 1. The molecular weight excluding hydrogens is 256 g/mol. The van der Waals surface area contributed by atoms with Crippen molar-refractivity contribution in [2.24, 2.45) is 0 Å². The first kappa shape index (κ1) is 12.9. The summed E-state index contributed by atoms with van der Waals surface area (Å²) in [5, 5.41) is 19.7. The summed E-state index contributed by atoms with van der Waals surface area (Å²) >= 11 is 0. The molecular formula is C15H16N2O3. The first-order valence-corrected chi connectivity index (χ1v) is 6.71. The number of nitrogens with zero attached hydrogens (tertiary/aromatic N) is 2. The highest BCUT2D eigenvalue weighted by Gasteiger charge is 2.21. The van der Waals surface area contributed by atoms with Crippen molar-refractivity contribution in [1.29, 1.82) is 0 Å². The number of benzene rings is 1. The summed E-state index contributed by atoms with van der Waals surface area (Å²) in [6.45, 7) is 1.30. The Balaban J connectivity index is 2.09. The zero-order valence-corrected chi connectivity index (χ0v) is 11.0. The second-order valence-electron chi connectivity index (χ2n) is 5.09. The van der Waals surface area contributed by atoms with Gasteiger partial charge in [0.15, 0.2) is 0 Å². The fourth-order valence-electron chi connectivity index (χ4n) is 2.66. The van der Waals surface area contributed by atoms with E-state index >= 15 is 0 Å². The van der Waals surface area contributed by atoms with Crippen molar-refractivity contribution in [3.8, 4) is 0 Å². The lowest BCUT2D eigenvalue weighted by atomic mass is 10.1. The van der Waals surface area contributed by atoms with Crippen LogP contribution in [0, 0.1) is 0 Å². The predicted octanol–water partition coefficient (Wildman–Crippen LogP) is 1.89. The lowest BCUT2D eigenvalue weighted by molar-refractivity contribution is 0.0699. The molecule has 0 radical (unpaired) electrons. The first-order chi connectivity index (χ1) is 9.65.